The van der Waals surface area contributed by atoms with Crippen molar-refractivity contribution in [1.29, 1.82) is 0 Å². The highest BCUT2D eigenvalue weighted by molar-refractivity contribution is 5.89. The van der Waals surface area contributed by atoms with Gasteiger partial charge in [-0.15, -0.1) is 6.58 Å². The number of ether oxygens (including phenoxy) is 3. The zero-order chi connectivity index (χ0) is 20.8. The molecule has 0 bridgehead atoms. The van der Waals surface area contributed by atoms with Gasteiger partial charge in [0, 0.05) is 6.92 Å². The predicted octanol–water partition coefficient (Wildman–Crippen LogP) is 3.43. The maximum atomic E-state index is 12.6. The maximum Gasteiger partial charge on any atom is 0.338 e. The van der Waals surface area contributed by atoms with Gasteiger partial charge in [0.2, 0.25) is 0 Å². The number of rotatable bonds is 7. The first-order valence-electron chi connectivity index (χ1n) is 9.58. The normalized spacial score (nSPS) is 30.1. The molecular weight excluding hydrogens is 360 g/mol. The van der Waals surface area contributed by atoms with E-state index < -0.39 is 35.3 Å². The number of hydrogen-bond donors (Lipinski definition) is 1. The molecule has 1 saturated heterocycles. The van der Waals surface area contributed by atoms with E-state index in [1.54, 1.807) is 37.3 Å². The zero-order valence-electron chi connectivity index (χ0n) is 16.8. The average Bonchev–Trinajstić information content (AvgIpc) is 2.75. The molecule has 6 nitrogen and oxygen atoms in total. The van der Waals surface area contributed by atoms with Crippen LogP contribution in [0.5, 0.6) is 0 Å². The standard InChI is InChI=1S/C22H30O6/c1-5-6-13-22(4)18(27-20(24)17-10-8-7-9-11-17)12-14-21(3,25)19(28-22)15-26-16(2)23/h5,7-11,18-19,25H,1,6,12-15H2,2-4H3/t18-,19-,21+,22+/m0/s1. The van der Waals surface area contributed by atoms with Crippen LogP contribution < -0.4 is 0 Å². The lowest BCUT2D eigenvalue weighted by molar-refractivity contribution is -0.197. The SMILES string of the molecule is C=CCC[C@@]1(C)O[C@@H](COC(C)=O)[C@](C)(O)CC[C@@H]1OC(=O)c1ccccc1. The van der Waals surface area contributed by atoms with Gasteiger partial charge in [-0.05, 0) is 51.7 Å². The molecule has 0 aromatic heterocycles. The number of aliphatic hydroxyl groups is 1. The van der Waals surface area contributed by atoms with Crippen molar-refractivity contribution in [2.24, 2.45) is 0 Å². The second kappa shape index (κ2) is 9.34. The Balaban J connectivity index is 2.25. The average molecular weight is 390 g/mol. The minimum atomic E-state index is -1.22. The maximum absolute atomic E-state index is 12.6. The molecule has 1 fully saturated rings. The van der Waals surface area contributed by atoms with Crippen molar-refractivity contribution in [1.82, 2.24) is 0 Å². The molecule has 1 aromatic carbocycles. The number of carbonyl (C=O) groups excluding carboxylic acids is 2. The Hall–Kier alpha value is -2.18. The van der Waals surface area contributed by atoms with Gasteiger partial charge in [-0.25, -0.2) is 4.79 Å². The number of carbonyl (C=O) groups is 2. The molecule has 2 rings (SSSR count). The second-order valence-electron chi connectivity index (χ2n) is 7.70. The third-order valence-electron chi connectivity index (χ3n) is 5.24. The largest absolute Gasteiger partial charge is 0.463 e. The Morgan fingerprint density at radius 1 is 1.32 bits per heavy atom. The molecule has 0 amide bonds. The smallest absolute Gasteiger partial charge is 0.338 e. The summed E-state index contributed by atoms with van der Waals surface area (Å²) in [6, 6.07) is 8.77. The summed E-state index contributed by atoms with van der Waals surface area (Å²) in [5.74, 6) is -0.874. The molecule has 1 heterocycles. The van der Waals surface area contributed by atoms with Crippen LogP contribution in [0.4, 0.5) is 0 Å². The molecule has 1 N–H and O–H groups in total. The van der Waals surface area contributed by atoms with Gasteiger partial charge in [0.05, 0.1) is 11.2 Å². The van der Waals surface area contributed by atoms with Gasteiger partial charge in [-0.2, -0.15) is 0 Å². The van der Waals surface area contributed by atoms with Crippen LogP contribution in [-0.4, -0.2) is 47.1 Å². The van der Waals surface area contributed by atoms with E-state index in [2.05, 4.69) is 6.58 Å². The van der Waals surface area contributed by atoms with Crippen molar-refractivity contribution in [3.63, 3.8) is 0 Å². The van der Waals surface area contributed by atoms with Crippen molar-refractivity contribution in [2.75, 3.05) is 6.61 Å². The molecule has 1 aliphatic heterocycles. The molecule has 1 aromatic rings. The topological polar surface area (TPSA) is 82.1 Å². The van der Waals surface area contributed by atoms with E-state index in [4.69, 9.17) is 14.2 Å². The van der Waals surface area contributed by atoms with E-state index in [9.17, 15) is 14.7 Å². The quantitative estimate of drug-likeness (QED) is 0.567. The third kappa shape index (κ3) is 5.66. The molecular formula is C22H30O6. The van der Waals surface area contributed by atoms with Crippen LogP contribution >= 0.6 is 0 Å². The molecule has 0 saturated carbocycles. The van der Waals surface area contributed by atoms with Crippen LogP contribution in [0.3, 0.4) is 0 Å². The van der Waals surface area contributed by atoms with Gasteiger partial charge in [0.15, 0.2) is 0 Å². The molecule has 1 aliphatic rings. The Kier molecular flexibility index (Phi) is 7.38. The van der Waals surface area contributed by atoms with Crippen molar-refractivity contribution in [2.45, 2.75) is 69.9 Å². The molecule has 6 heteroatoms. The molecule has 0 unspecified atom stereocenters. The van der Waals surface area contributed by atoms with Gasteiger partial charge in [-0.1, -0.05) is 24.3 Å². The van der Waals surface area contributed by atoms with E-state index in [-0.39, 0.29) is 6.61 Å². The molecule has 0 spiro atoms. The fraction of sp³-hybridized carbons (Fsp3) is 0.545. The minimum Gasteiger partial charge on any atom is -0.463 e. The summed E-state index contributed by atoms with van der Waals surface area (Å²) >= 11 is 0. The van der Waals surface area contributed by atoms with Crippen molar-refractivity contribution in [3.05, 3.63) is 48.6 Å². The van der Waals surface area contributed by atoms with Crippen LogP contribution in [0.15, 0.2) is 43.0 Å². The lowest BCUT2D eigenvalue weighted by Gasteiger charge is -2.39. The van der Waals surface area contributed by atoms with Crippen LogP contribution in [0.2, 0.25) is 0 Å². The molecule has 0 aliphatic carbocycles. The fourth-order valence-electron chi connectivity index (χ4n) is 3.39. The van der Waals surface area contributed by atoms with E-state index >= 15 is 0 Å². The first-order chi connectivity index (χ1) is 13.2. The van der Waals surface area contributed by atoms with Crippen LogP contribution in [0.25, 0.3) is 0 Å². The van der Waals surface area contributed by atoms with Gasteiger partial charge in [0.25, 0.3) is 0 Å². The lowest BCUT2D eigenvalue weighted by Crippen LogP contribution is -2.50. The third-order valence-corrected chi connectivity index (χ3v) is 5.24. The number of esters is 2. The Morgan fingerprint density at radius 2 is 2.00 bits per heavy atom. The lowest BCUT2D eigenvalue weighted by atomic mass is 9.88. The predicted molar refractivity (Wildman–Crippen MR) is 105 cm³/mol. The van der Waals surface area contributed by atoms with Crippen molar-refractivity contribution >= 4 is 11.9 Å². The number of hydrogen-bond acceptors (Lipinski definition) is 6. The summed E-state index contributed by atoms with van der Waals surface area (Å²) in [6.07, 6.45) is 2.45. The Morgan fingerprint density at radius 3 is 2.61 bits per heavy atom. The van der Waals surface area contributed by atoms with Gasteiger partial charge in [-0.3, -0.25) is 4.79 Å². The van der Waals surface area contributed by atoms with Gasteiger partial charge >= 0.3 is 11.9 Å². The highest BCUT2D eigenvalue weighted by atomic mass is 16.6. The van der Waals surface area contributed by atoms with Crippen molar-refractivity contribution < 1.29 is 28.9 Å². The zero-order valence-corrected chi connectivity index (χ0v) is 16.8. The monoisotopic (exact) mass is 390 g/mol. The van der Waals surface area contributed by atoms with Crippen LogP contribution in [0, 0.1) is 0 Å². The van der Waals surface area contributed by atoms with Gasteiger partial charge in [0.1, 0.15) is 24.4 Å². The molecule has 154 valence electrons. The molecule has 28 heavy (non-hydrogen) atoms. The van der Waals surface area contributed by atoms with E-state index in [0.29, 0.717) is 31.2 Å². The van der Waals surface area contributed by atoms with E-state index in [1.165, 1.54) is 6.92 Å². The summed E-state index contributed by atoms with van der Waals surface area (Å²) < 4.78 is 17.2. The fourth-order valence-corrected chi connectivity index (χ4v) is 3.39. The number of allylic oxidation sites excluding steroid dienone is 1. The summed E-state index contributed by atoms with van der Waals surface area (Å²) in [7, 11) is 0. The summed E-state index contributed by atoms with van der Waals surface area (Å²) in [6.45, 7) is 8.52. The highest BCUT2D eigenvalue weighted by Gasteiger charge is 2.48. The first-order valence-corrected chi connectivity index (χ1v) is 9.58. The Labute approximate surface area is 166 Å². The first kappa shape index (κ1) is 22.1. The van der Waals surface area contributed by atoms with E-state index in [1.807, 2.05) is 13.0 Å². The minimum absolute atomic E-state index is 0.0641. The summed E-state index contributed by atoms with van der Waals surface area (Å²) in [4.78, 5) is 23.9. The van der Waals surface area contributed by atoms with Crippen molar-refractivity contribution in [3.8, 4) is 0 Å². The highest BCUT2D eigenvalue weighted by Crippen LogP contribution is 2.38. The van der Waals surface area contributed by atoms with Crippen LogP contribution in [0.1, 0.15) is 56.8 Å². The Bertz CT molecular complexity index is 684. The molecule has 0 radical (unpaired) electrons. The van der Waals surface area contributed by atoms with Crippen LogP contribution in [-0.2, 0) is 19.0 Å². The second-order valence-corrected chi connectivity index (χ2v) is 7.70. The summed E-state index contributed by atoms with van der Waals surface area (Å²) in [5.41, 5.74) is -1.62. The van der Waals surface area contributed by atoms with Gasteiger partial charge < -0.3 is 19.3 Å². The number of benzene rings is 1. The summed E-state index contributed by atoms with van der Waals surface area (Å²) in [5, 5.41) is 10.9. The van der Waals surface area contributed by atoms with E-state index in [0.717, 1.165) is 0 Å². The molecule has 4 atom stereocenters.